The van der Waals surface area contributed by atoms with Crippen LogP contribution in [-0.2, 0) is 4.43 Å². The molecule has 0 atom stereocenters. The second-order valence-electron chi connectivity index (χ2n) is 6.90. The SMILES string of the molecule is C1=CCC(CO[Si](c2ccccc2)(c2ccccc2)c2ccccc2)C1. The Morgan fingerprint density at radius 3 is 1.38 bits per heavy atom. The molecule has 0 unspecified atom stereocenters. The van der Waals surface area contributed by atoms with E-state index in [-0.39, 0.29) is 0 Å². The third kappa shape index (κ3) is 3.30. The lowest BCUT2D eigenvalue weighted by Gasteiger charge is -2.34. The lowest BCUT2D eigenvalue weighted by molar-refractivity contribution is 0.259. The topological polar surface area (TPSA) is 9.23 Å². The second-order valence-corrected chi connectivity index (χ2v) is 10.3. The zero-order valence-electron chi connectivity index (χ0n) is 14.9. The number of rotatable bonds is 6. The van der Waals surface area contributed by atoms with E-state index in [0.717, 1.165) is 19.4 Å². The first-order valence-electron chi connectivity index (χ1n) is 9.35. The average molecular weight is 357 g/mol. The Morgan fingerprint density at radius 1 is 0.615 bits per heavy atom. The summed E-state index contributed by atoms with van der Waals surface area (Å²) in [6, 6.07) is 32.4. The van der Waals surface area contributed by atoms with Crippen LogP contribution in [0.2, 0.25) is 0 Å². The van der Waals surface area contributed by atoms with Crippen molar-refractivity contribution in [2.24, 2.45) is 5.92 Å². The van der Waals surface area contributed by atoms with Crippen molar-refractivity contribution in [1.82, 2.24) is 0 Å². The van der Waals surface area contributed by atoms with E-state index < -0.39 is 8.32 Å². The highest BCUT2D eigenvalue weighted by Gasteiger charge is 2.42. The fourth-order valence-electron chi connectivity index (χ4n) is 3.82. The molecule has 130 valence electrons. The highest BCUT2D eigenvalue weighted by molar-refractivity contribution is 7.07. The van der Waals surface area contributed by atoms with Crippen molar-refractivity contribution in [2.75, 3.05) is 6.61 Å². The number of hydrogen-bond acceptors (Lipinski definition) is 1. The van der Waals surface area contributed by atoms with Crippen LogP contribution in [0.25, 0.3) is 0 Å². The molecule has 2 heteroatoms. The third-order valence-electron chi connectivity index (χ3n) is 5.18. The minimum atomic E-state index is -2.52. The Kier molecular flexibility index (Phi) is 5.14. The maximum Gasteiger partial charge on any atom is 0.288 e. The normalized spacial score (nSPS) is 14.6. The summed E-state index contributed by atoms with van der Waals surface area (Å²) in [7, 11) is -2.52. The van der Waals surface area contributed by atoms with Gasteiger partial charge in [-0.15, -0.1) is 0 Å². The zero-order valence-corrected chi connectivity index (χ0v) is 15.9. The van der Waals surface area contributed by atoms with Gasteiger partial charge in [-0.25, -0.2) is 0 Å². The van der Waals surface area contributed by atoms with Crippen LogP contribution in [-0.4, -0.2) is 14.9 Å². The molecule has 0 radical (unpaired) electrons. The second kappa shape index (κ2) is 7.86. The van der Waals surface area contributed by atoms with Gasteiger partial charge in [-0.1, -0.05) is 103 Å². The van der Waals surface area contributed by atoms with Gasteiger partial charge in [-0.2, -0.15) is 0 Å². The summed E-state index contributed by atoms with van der Waals surface area (Å²) >= 11 is 0. The van der Waals surface area contributed by atoms with Crippen LogP contribution in [0.15, 0.2) is 103 Å². The molecule has 0 saturated heterocycles. The number of benzene rings is 3. The molecule has 0 amide bonds. The predicted octanol–water partition coefficient (Wildman–Crippen LogP) is 3.64. The standard InChI is InChI=1S/C24H24OSi/c1-4-14-22(15-5-1)26(23-16-6-2-7-17-23,24-18-8-3-9-19-24)25-20-21-12-10-11-13-21/h1-11,14-19,21H,12-13,20H2. The smallest absolute Gasteiger partial charge is 0.288 e. The lowest BCUT2D eigenvalue weighted by atomic mass is 10.1. The average Bonchev–Trinajstić information content (AvgIpc) is 3.25. The molecule has 1 aliphatic rings. The summed E-state index contributed by atoms with van der Waals surface area (Å²) in [6.45, 7) is 0.803. The minimum Gasteiger partial charge on any atom is -0.404 e. The Hall–Kier alpha value is -2.42. The molecule has 0 saturated carbocycles. The molecule has 0 aliphatic heterocycles. The maximum atomic E-state index is 6.97. The van der Waals surface area contributed by atoms with Crippen LogP contribution in [0.1, 0.15) is 12.8 Å². The van der Waals surface area contributed by atoms with Crippen molar-refractivity contribution in [2.45, 2.75) is 12.8 Å². The number of hydrogen-bond donors (Lipinski definition) is 0. The van der Waals surface area contributed by atoms with Crippen molar-refractivity contribution < 1.29 is 4.43 Å². The van der Waals surface area contributed by atoms with Gasteiger partial charge in [-0.3, -0.25) is 0 Å². The quantitative estimate of drug-likeness (QED) is 0.372. The van der Waals surface area contributed by atoms with Gasteiger partial charge in [0.25, 0.3) is 8.32 Å². The van der Waals surface area contributed by atoms with Crippen LogP contribution in [0.5, 0.6) is 0 Å². The van der Waals surface area contributed by atoms with Crippen LogP contribution >= 0.6 is 0 Å². The van der Waals surface area contributed by atoms with E-state index in [0.29, 0.717) is 5.92 Å². The van der Waals surface area contributed by atoms with Crippen LogP contribution in [0.3, 0.4) is 0 Å². The summed E-state index contributed by atoms with van der Waals surface area (Å²) in [5.74, 6) is 0.595. The summed E-state index contributed by atoms with van der Waals surface area (Å²) in [4.78, 5) is 0. The highest BCUT2D eigenvalue weighted by Crippen LogP contribution is 2.20. The molecule has 0 bridgehead atoms. The highest BCUT2D eigenvalue weighted by atomic mass is 28.4. The lowest BCUT2D eigenvalue weighted by Crippen LogP contribution is -2.69. The maximum absolute atomic E-state index is 6.97. The first kappa shape index (κ1) is 17.0. The van der Waals surface area contributed by atoms with E-state index >= 15 is 0 Å². The zero-order chi connectivity index (χ0) is 17.7. The fraction of sp³-hybridized carbons (Fsp3) is 0.167. The van der Waals surface area contributed by atoms with Crippen molar-refractivity contribution in [1.29, 1.82) is 0 Å². The summed E-state index contributed by atoms with van der Waals surface area (Å²) in [5, 5.41) is 3.93. The van der Waals surface area contributed by atoms with Gasteiger partial charge < -0.3 is 4.43 Å². The summed E-state index contributed by atoms with van der Waals surface area (Å²) < 4.78 is 6.97. The van der Waals surface area contributed by atoms with E-state index in [2.05, 4.69) is 103 Å². The van der Waals surface area contributed by atoms with Crippen LogP contribution in [0, 0.1) is 5.92 Å². The van der Waals surface area contributed by atoms with Crippen LogP contribution < -0.4 is 15.6 Å². The van der Waals surface area contributed by atoms with E-state index in [4.69, 9.17) is 4.43 Å². The molecule has 4 rings (SSSR count). The van der Waals surface area contributed by atoms with Gasteiger partial charge in [0.15, 0.2) is 0 Å². The molecule has 1 nitrogen and oxygen atoms in total. The largest absolute Gasteiger partial charge is 0.404 e. The Morgan fingerprint density at radius 2 is 1.00 bits per heavy atom. The molecule has 0 fully saturated rings. The molecule has 0 heterocycles. The molecular formula is C24H24OSi. The number of allylic oxidation sites excluding steroid dienone is 2. The van der Waals surface area contributed by atoms with Crippen molar-refractivity contribution in [3.8, 4) is 0 Å². The molecular weight excluding hydrogens is 332 g/mol. The predicted molar refractivity (Wildman–Crippen MR) is 112 cm³/mol. The molecule has 0 aromatic heterocycles. The van der Waals surface area contributed by atoms with Crippen molar-refractivity contribution in [3.05, 3.63) is 103 Å². The van der Waals surface area contributed by atoms with Gasteiger partial charge >= 0.3 is 0 Å². The molecule has 0 N–H and O–H groups in total. The Balaban J connectivity index is 1.85. The summed E-state index contributed by atoms with van der Waals surface area (Å²) in [6.07, 6.45) is 6.82. The molecule has 26 heavy (non-hydrogen) atoms. The van der Waals surface area contributed by atoms with E-state index in [1.807, 2.05) is 0 Å². The Bertz CT molecular complexity index is 738. The first-order valence-corrected chi connectivity index (χ1v) is 11.3. The first-order chi connectivity index (χ1) is 12.9. The van der Waals surface area contributed by atoms with Crippen molar-refractivity contribution >= 4 is 23.9 Å². The van der Waals surface area contributed by atoms with Crippen molar-refractivity contribution in [3.63, 3.8) is 0 Å². The monoisotopic (exact) mass is 356 g/mol. The van der Waals surface area contributed by atoms with Gasteiger partial charge in [0.05, 0.1) is 0 Å². The minimum absolute atomic E-state index is 0.595. The van der Waals surface area contributed by atoms with Crippen LogP contribution in [0.4, 0.5) is 0 Å². The van der Waals surface area contributed by atoms with Gasteiger partial charge in [0.2, 0.25) is 0 Å². The molecule has 1 aliphatic carbocycles. The van der Waals surface area contributed by atoms with Gasteiger partial charge in [0.1, 0.15) is 0 Å². The van der Waals surface area contributed by atoms with E-state index in [1.165, 1.54) is 15.6 Å². The van der Waals surface area contributed by atoms with Gasteiger partial charge in [0, 0.05) is 6.61 Å². The van der Waals surface area contributed by atoms with E-state index in [1.54, 1.807) is 0 Å². The molecule has 0 spiro atoms. The van der Waals surface area contributed by atoms with Gasteiger partial charge in [-0.05, 0) is 34.3 Å². The Labute approximate surface area is 157 Å². The fourth-order valence-corrected chi connectivity index (χ4v) is 7.79. The third-order valence-corrected chi connectivity index (χ3v) is 9.22. The molecule has 3 aromatic carbocycles. The summed E-state index contributed by atoms with van der Waals surface area (Å²) in [5.41, 5.74) is 0. The molecule has 3 aromatic rings. The van der Waals surface area contributed by atoms with E-state index in [9.17, 15) is 0 Å².